The Bertz CT molecular complexity index is 769. The van der Waals surface area contributed by atoms with Crippen LogP contribution in [-0.4, -0.2) is 41.2 Å². The monoisotopic (exact) mass is 467 g/mol. The molecule has 0 spiro atoms. The lowest BCUT2D eigenvalue weighted by Gasteiger charge is -2.44. The van der Waals surface area contributed by atoms with E-state index in [2.05, 4.69) is 4.90 Å². The van der Waals surface area contributed by atoms with Crippen LogP contribution in [0.15, 0.2) is 24.3 Å². The van der Waals surface area contributed by atoms with Crippen molar-refractivity contribution in [3.05, 3.63) is 35.4 Å². The zero-order valence-corrected chi connectivity index (χ0v) is 19.2. The summed E-state index contributed by atoms with van der Waals surface area (Å²) in [5.41, 5.74) is -0.173. The summed E-state index contributed by atoms with van der Waals surface area (Å²) in [6.45, 7) is 1.92. The van der Waals surface area contributed by atoms with Crippen LogP contribution >= 0.6 is 0 Å². The van der Waals surface area contributed by atoms with Gasteiger partial charge in [0.15, 0.2) is 0 Å². The van der Waals surface area contributed by atoms with E-state index in [1.807, 2.05) is 0 Å². The lowest BCUT2D eigenvalue weighted by atomic mass is 9.89. The van der Waals surface area contributed by atoms with Gasteiger partial charge in [0.05, 0.1) is 24.2 Å². The van der Waals surface area contributed by atoms with Gasteiger partial charge in [-0.2, -0.15) is 13.2 Å². The first-order valence-corrected chi connectivity index (χ1v) is 12.6. The maximum atomic E-state index is 13.5. The van der Waals surface area contributed by atoms with E-state index in [0.29, 0.717) is 23.8 Å². The van der Waals surface area contributed by atoms with Crippen molar-refractivity contribution in [2.75, 3.05) is 13.1 Å². The van der Waals surface area contributed by atoms with Crippen molar-refractivity contribution in [1.82, 2.24) is 4.90 Å². The van der Waals surface area contributed by atoms with Gasteiger partial charge in [0.2, 0.25) is 0 Å². The summed E-state index contributed by atoms with van der Waals surface area (Å²) >= 11 is 0. The SMILES string of the molecule is O=C(O)C[C@@H]1CC[C@@H](N(CC2CCCC2)CC2CCCC2)[C@H](c2cccc(C(F)(F)F)c2)O1. The topological polar surface area (TPSA) is 49.8 Å². The second-order valence-corrected chi connectivity index (χ2v) is 10.3. The van der Waals surface area contributed by atoms with E-state index in [-0.39, 0.29) is 12.5 Å². The van der Waals surface area contributed by atoms with E-state index in [0.717, 1.165) is 25.6 Å². The normalized spacial score (nSPS) is 27.5. The Kier molecular flexibility index (Phi) is 8.00. The lowest BCUT2D eigenvalue weighted by molar-refractivity contribution is -0.148. The quantitative estimate of drug-likeness (QED) is 0.477. The Balaban J connectivity index is 1.61. The standard InChI is InChI=1S/C26H36F3NO3/c27-26(28,29)21-11-5-10-20(14-21)25-23(13-12-22(33-25)15-24(31)32)30(16-18-6-1-2-7-18)17-19-8-3-4-9-19/h5,10-11,14,18-19,22-23,25H,1-4,6-9,12-13,15-17H2,(H,31,32)/t22-,23+,25-/m0/s1. The van der Waals surface area contributed by atoms with Crippen molar-refractivity contribution in [3.63, 3.8) is 0 Å². The smallest absolute Gasteiger partial charge is 0.416 e. The van der Waals surface area contributed by atoms with Gasteiger partial charge < -0.3 is 9.84 Å². The number of alkyl halides is 3. The van der Waals surface area contributed by atoms with E-state index in [9.17, 15) is 23.1 Å². The zero-order chi connectivity index (χ0) is 23.4. The van der Waals surface area contributed by atoms with Gasteiger partial charge in [0, 0.05) is 19.1 Å². The Labute approximate surface area is 194 Å². The number of rotatable bonds is 8. The highest BCUT2D eigenvalue weighted by Gasteiger charge is 2.40. The summed E-state index contributed by atoms with van der Waals surface area (Å²) in [6.07, 6.45) is 5.66. The number of hydrogen-bond donors (Lipinski definition) is 1. The molecule has 3 aliphatic rings. The molecule has 0 unspecified atom stereocenters. The third-order valence-electron chi connectivity index (χ3n) is 7.82. The fourth-order valence-electron chi connectivity index (χ4n) is 6.18. The molecule has 7 heteroatoms. The Morgan fingerprint density at radius 3 is 2.12 bits per heavy atom. The molecule has 1 aromatic carbocycles. The zero-order valence-electron chi connectivity index (χ0n) is 19.2. The molecule has 3 fully saturated rings. The number of nitrogens with zero attached hydrogens (tertiary/aromatic N) is 1. The molecule has 1 saturated heterocycles. The maximum absolute atomic E-state index is 13.5. The first-order chi connectivity index (χ1) is 15.8. The summed E-state index contributed by atoms with van der Waals surface area (Å²) in [7, 11) is 0. The second kappa shape index (κ2) is 10.8. The molecular weight excluding hydrogens is 431 g/mol. The molecule has 4 rings (SSSR count). The van der Waals surface area contributed by atoms with Crippen LogP contribution in [-0.2, 0) is 15.7 Å². The van der Waals surface area contributed by atoms with Crippen LogP contribution in [0.3, 0.4) is 0 Å². The van der Waals surface area contributed by atoms with Gasteiger partial charge in [-0.25, -0.2) is 0 Å². The fourth-order valence-corrected chi connectivity index (χ4v) is 6.18. The highest BCUT2D eigenvalue weighted by Crippen LogP contribution is 2.40. The molecule has 1 aliphatic heterocycles. The largest absolute Gasteiger partial charge is 0.481 e. The Hall–Kier alpha value is -1.60. The minimum absolute atomic E-state index is 0.0280. The van der Waals surface area contributed by atoms with Gasteiger partial charge in [-0.1, -0.05) is 37.8 Å². The summed E-state index contributed by atoms with van der Waals surface area (Å²) in [5, 5.41) is 9.29. The molecule has 1 heterocycles. The van der Waals surface area contributed by atoms with Crippen molar-refractivity contribution in [1.29, 1.82) is 0 Å². The molecule has 0 amide bonds. The van der Waals surface area contributed by atoms with Crippen LogP contribution in [0.4, 0.5) is 13.2 Å². The molecule has 0 bridgehead atoms. The maximum Gasteiger partial charge on any atom is 0.416 e. The van der Waals surface area contributed by atoms with E-state index in [1.165, 1.54) is 63.5 Å². The van der Waals surface area contributed by atoms with Gasteiger partial charge in [-0.3, -0.25) is 9.69 Å². The molecule has 0 aromatic heterocycles. The van der Waals surface area contributed by atoms with E-state index in [1.54, 1.807) is 6.07 Å². The Morgan fingerprint density at radius 1 is 0.970 bits per heavy atom. The number of halogens is 3. The minimum Gasteiger partial charge on any atom is -0.481 e. The number of carbonyl (C=O) groups is 1. The van der Waals surface area contributed by atoms with Crippen molar-refractivity contribution in [2.24, 2.45) is 11.8 Å². The number of ether oxygens (including phenoxy) is 1. The predicted molar refractivity (Wildman–Crippen MR) is 120 cm³/mol. The first-order valence-electron chi connectivity index (χ1n) is 12.6. The highest BCUT2D eigenvalue weighted by atomic mass is 19.4. The number of aliphatic carboxylic acids is 1. The van der Waals surface area contributed by atoms with Crippen molar-refractivity contribution in [2.45, 2.75) is 95.1 Å². The van der Waals surface area contributed by atoms with Crippen LogP contribution in [0, 0.1) is 11.8 Å². The van der Waals surface area contributed by atoms with Crippen LogP contribution in [0.2, 0.25) is 0 Å². The van der Waals surface area contributed by atoms with Crippen LogP contribution in [0.5, 0.6) is 0 Å². The average molecular weight is 468 g/mol. The predicted octanol–water partition coefficient (Wildman–Crippen LogP) is 6.45. The summed E-state index contributed by atoms with van der Waals surface area (Å²) < 4.78 is 46.6. The van der Waals surface area contributed by atoms with E-state index in [4.69, 9.17) is 4.74 Å². The third-order valence-corrected chi connectivity index (χ3v) is 7.82. The lowest BCUT2D eigenvalue weighted by Crippen LogP contribution is -2.48. The van der Waals surface area contributed by atoms with Crippen molar-refractivity contribution < 1.29 is 27.8 Å². The minimum atomic E-state index is -4.42. The number of carboxylic acid groups (broad SMARTS) is 1. The van der Waals surface area contributed by atoms with Crippen LogP contribution in [0.1, 0.15) is 87.9 Å². The molecule has 33 heavy (non-hydrogen) atoms. The summed E-state index contributed by atoms with van der Waals surface area (Å²) in [6, 6.07) is 5.41. The van der Waals surface area contributed by atoms with Crippen LogP contribution in [0.25, 0.3) is 0 Å². The number of hydrogen-bond acceptors (Lipinski definition) is 3. The first kappa shape index (κ1) is 24.5. The van der Waals surface area contributed by atoms with Crippen molar-refractivity contribution >= 4 is 5.97 Å². The molecule has 1 aromatic rings. The summed E-state index contributed by atoms with van der Waals surface area (Å²) in [4.78, 5) is 13.8. The molecule has 2 aliphatic carbocycles. The molecule has 3 atom stereocenters. The third kappa shape index (κ3) is 6.50. The van der Waals surface area contributed by atoms with Crippen LogP contribution < -0.4 is 0 Å². The summed E-state index contributed by atoms with van der Waals surface area (Å²) in [5.74, 6) is 0.325. The highest BCUT2D eigenvalue weighted by molar-refractivity contribution is 5.67. The number of carboxylic acids is 1. The van der Waals surface area contributed by atoms with Gasteiger partial charge in [-0.15, -0.1) is 0 Å². The second-order valence-electron chi connectivity index (χ2n) is 10.3. The fraction of sp³-hybridized carbons (Fsp3) is 0.731. The van der Waals surface area contributed by atoms with Gasteiger partial charge >= 0.3 is 12.1 Å². The Morgan fingerprint density at radius 2 is 1.58 bits per heavy atom. The number of benzene rings is 1. The molecule has 1 N–H and O–H groups in total. The van der Waals surface area contributed by atoms with Gasteiger partial charge in [0.1, 0.15) is 0 Å². The van der Waals surface area contributed by atoms with Gasteiger partial charge in [-0.05, 0) is 68.1 Å². The van der Waals surface area contributed by atoms with E-state index >= 15 is 0 Å². The molecular formula is C26H36F3NO3. The molecule has 2 saturated carbocycles. The van der Waals surface area contributed by atoms with Crippen molar-refractivity contribution in [3.8, 4) is 0 Å². The average Bonchev–Trinajstić information content (AvgIpc) is 3.47. The molecule has 0 radical (unpaired) electrons. The molecule has 184 valence electrons. The van der Waals surface area contributed by atoms with Gasteiger partial charge in [0.25, 0.3) is 0 Å². The van der Waals surface area contributed by atoms with E-state index < -0.39 is 29.9 Å². The molecule has 4 nitrogen and oxygen atoms in total.